The van der Waals surface area contributed by atoms with Gasteiger partial charge in [0.05, 0.1) is 5.75 Å². The Morgan fingerprint density at radius 1 is 1.38 bits per heavy atom. The van der Waals surface area contributed by atoms with Crippen LogP contribution in [0, 0.1) is 13.8 Å². The Hall–Kier alpha value is -1.00. The highest BCUT2D eigenvalue weighted by Gasteiger charge is 2.03. The van der Waals surface area contributed by atoms with Crippen LogP contribution in [0.15, 0.2) is 28.5 Å². The molecule has 1 aromatic heterocycles. The van der Waals surface area contributed by atoms with Gasteiger partial charge >= 0.3 is 0 Å². The molecule has 0 bridgehead atoms. The molecular formula is C12H14N2S2. The Balaban J connectivity index is 2.04. The van der Waals surface area contributed by atoms with Crippen LogP contribution in [0.25, 0.3) is 0 Å². The van der Waals surface area contributed by atoms with Crippen LogP contribution < -0.4 is 5.73 Å². The van der Waals surface area contributed by atoms with E-state index in [0.29, 0.717) is 0 Å². The van der Waals surface area contributed by atoms with Crippen molar-refractivity contribution in [3.05, 3.63) is 39.8 Å². The molecule has 0 saturated heterocycles. The second kappa shape index (κ2) is 4.89. The third kappa shape index (κ3) is 2.77. The highest BCUT2D eigenvalue weighted by atomic mass is 32.2. The minimum absolute atomic E-state index is 0.860. The molecule has 0 spiro atoms. The van der Waals surface area contributed by atoms with Gasteiger partial charge in [-0.3, -0.25) is 0 Å². The fraction of sp³-hybridized carbons (Fsp3) is 0.250. The molecule has 0 saturated carbocycles. The van der Waals surface area contributed by atoms with E-state index in [1.807, 2.05) is 13.0 Å². The maximum absolute atomic E-state index is 5.95. The molecule has 0 aliphatic carbocycles. The molecule has 0 fully saturated rings. The second-order valence-electron chi connectivity index (χ2n) is 3.71. The van der Waals surface area contributed by atoms with Crippen LogP contribution in [0.5, 0.6) is 0 Å². The fourth-order valence-corrected chi connectivity index (χ4v) is 3.15. The smallest absolute Gasteiger partial charge is 0.103 e. The van der Waals surface area contributed by atoms with Crippen LogP contribution in [-0.2, 0) is 5.75 Å². The van der Waals surface area contributed by atoms with Crippen molar-refractivity contribution in [2.45, 2.75) is 24.5 Å². The fourth-order valence-electron chi connectivity index (χ4n) is 1.41. The number of anilines is 1. The third-order valence-electron chi connectivity index (χ3n) is 2.18. The Morgan fingerprint density at radius 2 is 2.19 bits per heavy atom. The van der Waals surface area contributed by atoms with Gasteiger partial charge < -0.3 is 5.73 Å². The van der Waals surface area contributed by atoms with Gasteiger partial charge in [-0.2, -0.15) is 0 Å². The Kier molecular flexibility index (Phi) is 3.51. The van der Waals surface area contributed by atoms with Crippen LogP contribution >= 0.6 is 23.1 Å². The molecular weight excluding hydrogens is 236 g/mol. The number of nitrogens with zero attached hydrogens (tertiary/aromatic N) is 1. The zero-order valence-electron chi connectivity index (χ0n) is 9.36. The van der Waals surface area contributed by atoms with Gasteiger partial charge in [-0.25, -0.2) is 4.98 Å². The maximum Gasteiger partial charge on any atom is 0.103 e. The van der Waals surface area contributed by atoms with Crippen molar-refractivity contribution in [1.29, 1.82) is 0 Å². The van der Waals surface area contributed by atoms with Gasteiger partial charge in [0.2, 0.25) is 0 Å². The van der Waals surface area contributed by atoms with E-state index in [9.17, 15) is 0 Å². The normalized spacial score (nSPS) is 10.6. The number of aromatic nitrogens is 1. The quantitative estimate of drug-likeness (QED) is 0.668. The van der Waals surface area contributed by atoms with Gasteiger partial charge in [0.1, 0.15) is 5.01 Å². The van der Waals surface area contributed by atoms with Crippen molar-refractivity contribution in [3.8, 4) is 0 Å². The van der Waals surface area contributed by atoms with E-state index in [0.717, 1.165) is 27.0 Å². The van der Waals surface area contributed by atoms with E-state index >= 15 is 0 Å². The molecule has 4 heteroatoms. The molecule has 2 N–H and O–H groups in total. The van der Waals surface area contributed by atoms with Crippen LogP contribution in [0.3, 0.4) is 0 Å². The molecule has 84 valence electrons. The lowest BCUT2D eigenvalue weighted by Gasteiger charge is -2.04. The van der Waals surface area contributed by atoms with Gasteiger partial charge in [-0.1, -0.05) is 6.07 Å². The number of nitrogen functional groups attached to an aromatic ring is 1. The molecule has 1 aromatic carbocycles. The van der Waals surface area contributed by atoms with E-state index in [1.54, 1.807) is 23.1 Å². The molecule has 0 amide bonds. The number of nitrogens with two attached hydrogens (primary N) is 1. The van der Waals surface area contributed by atoms with Crippen molar-refractivity contribution in [2.75, 3.05) is 5.73 Å². The predicted octanol–water partition coefficient (Wildman–Crippen LogP) is 3.63. The van der Waals surface area contributed by atoms with Crippen molar-refractivity contribution in [2.24, 2.45) is 0 Å². The Morgan fingerprint density at radius 3 is 2.81 bits per heavy atom. The Labute approximate surface area is 104 Å². The van der Waals surface area contributed by atoms with E-state index in [-0.39, 0.29) is 0 Å². The molecule has 2 nitrogen and oxygen atoms in total. The predicted molar refractivity (Wildman–Crippen MR) is 72.0 cm³/mol. The molecule has 0 atom stereocenters. The summed E-state index contributed by atoms with van der Waals surface area (Å²) in [5.74, 6) is 0.895. The lowest BCUT2D eigenvalue weighted by Crippen LogP contribution is -1.89. The number of thiazole rings is 1. The van der Waals surface area contributed by atoms with E-state index < -0.39 is 0 Å². The number of aryl methyl sites for hydroxylation is 2. The number of benzene rings is 1. The molecule has 0 unspecified atom stereocenters. The standard InChI is InChI=1S/C12H14N2S2/c1-8-3-4-11(10(13)5-8)15-7-12-14-9(2)6-16-12/h3-6H,7,13H2,1-2H3. The molecule has 16 heavy (non-hydrogen) atoms. The monoisotopic (exact) mass is 250 g/mol. The summed E-state index contributed by atoms with van der Waals surface area (Å²) in [6.07, 6.45) is 0. The summed E-state index contributed by atoms with van der Waals surface area (Å²) < 4.78 is 0. The first-order valence-electron chi connectivity index (χ1n) is 5.05. The van der Waals surface area contributed by atoms with Crippen molar-refractivity contribution < 1.29 is 0 Å². The summed E-state index contributed by atoms with van der Waals surface area (Å²) in [4.78, 5) is 5.57. The van der Waals surface area contributed by atoms with Crippen molar-refractivity contribution in [1.82, 2.24) is 4.98 Å². The molecule has 2 rings (SSSR count). The van der Waals surface area contributed by atoms with Crippen molar-refractivity contribution in [3.63, 3.8) is 0 Å². The van der Waals surface area contributed by atoms with Crippen LogP contribution in [-0.4, -0.2) is 4.98 Å². The SMILES string of the molecule is Cc1ccc(SCc2nc(C)cs2)c(N)c1. The first-order chi connectivity index (χ1) is 7.65. The topological polar surface area (TPSA) is 38.9 Å². The van der Waals surface area contributed by atoms with Gasteiger partial charge in [-0.05, 0) is 31.5 Å². The van der Waals surface area contributed by atoms with Crippen molar-refractivity contribution >= 4 is 28.8 Å². The average molecular weight is 250 g/mol. The first kappa shape index (κ1) is 11.5. The summed E-state index contributed by atoms with van der Waals surface area (Å²) in [7, 11) is 0. The van der Waals surface area contributed by atoms with E-state index in [1.165, 1.54) is 5.56 Å². The summed E-state index contributed by atoms with van der Waals surface area (Å²) >= 11 is 3.45. The molecule has 0 aliphatic heterocycles. The largest absolute Gasteiger partial charge is 0.398 e. The number of hydrogen-bond acceptors (Lipinski definition) is 4. The summed E-state index contributed by atoms with van der Waals surface area (Å²) in [6.45, 7) is 4.07. The molecule has 0 aliphatic rings. The van der Waals surface area contributed by atoms with Gasteiger partial charge in [0, 0.05) is 21.7 Å². The van der Waals surface area contributed by atoms with Gasteiger partial charge in [0.15, 0.2) is 0 Å². The van der Waals surface area contributed by atoms with Crippen LogP contribution in [0.1, 0.15) is 16.3 Å². The van der Waals surface area contributed by atoms with Crippen LogP contribution in [0.2, 0.25) is 0 Å². The highest BCUT2D eigenvalue weighted by molar-refractivity contribution is 7.98. The highest BCUT2D eigenvalue weighted by Crippen LogP contribution is 2.29. The number of thioether (sulfide) groups is 1. The lowest BCUT2D eigenvalue weighted by molar-refractivity contribution is 1.18. The molecule has 0 radical (unpaired) electrons. The molecule has 1 heterocycles. The van der Waals surface area contributed by atoms with E-state index in [2.05, 4.69) is 29.4 Å². The lowest BCUT2D eigenvalue weighted by atomic mass is 10.2. The Bertz CT molecular complexity index is 492. The summed E-state index contributed by atoms with van der Waals surface area (Å²) in [6, 6.07) is 6.18. The first-order valence-corrected chi connectivity index (χ1v) is 6.91. The zero-order valence-corrected chi connectivity index (χ0v) is 11.0. The van der Waals surface area contributed by atoms with Gasteiger partial charge in [-0.15, -0.1) is 23.1 Å². The number of hydrogen-bond donors (Lipinski definition) is 1. The second-order valence-corrected chi connectivity index (χ2v) is 5.67. The maximum atomic E-state index is 5.95. The minimum Gasteiger partial charge on any atom is -0.398 e. The average Bonchev–Trinajstić information content (AvgIpc) is 2.63. The van der Waals surface area contributed by atoms with E-state index in [4.69, 9.17) is 5.73 Å². The number of rotatable bonds is 3. The van der Waals surface area contributed by atoms with Gasteiger partial charge in [0.25, 0.3) is 0 Å². The minimum atomic E-state index is 0.860. The van der Waals surface area contributed by atoms with Crippen LogP contribution in [0.4, 0.5) is 5.69 Å². The zero-order chi connectivity index (χ0) is 11.5. The summed E-state index contributed by atoms with van der Waals surface area (Å²) in [5.41, 5.74) is 9.11. The summed E-state index contributed by atoms with van der Waals surface area (Å²) in [5, 5.41) is 3.23. The third-order valence-corrected chi connectivity index (χ3v) is 4.43. The molecule has 2 aromatic rings.